The first-order valence-electron chi connectivity index (χ1n) is 7.35. The minimum Gasteiger partial charge on any atom is -0.504 e. The number of aromatic nitrogens is 2. The van der Waals surface area contributed by atoms with Gasteiger partial charge in [0, 0.05) is 0 Å². The number of allylic oxidation sites excluding steroid dienone is 1. The van der Waals surface area contributed by atoms with Gasteiger partial charge < -0.3 is 9.84 Å². The molecule has 0 aliphatic carbocycles. The van der Waals surface area contributed by atoms with Crippen molar-refractivity contribution in [1.82, 2.24) is 10.2 Å². The summed E-state index contributed by atoms with van der Waals surface area (Å²) in [6.07, 6.45) is 2.47. The molecule has 0 amide bonds. The Bertz CT molecular complexity index is 895. The Morgan fingerprint density at radius 3 is 2.84 bits per heavy atom. The summed E-state index contributed by atoms with van der Waals surface area (Å²) in [4.78, 5) is 13.2. The molecule has 2 heterocycles. The maximum Gasteiger partial charge on any atom is 0.186 e. The van der Waals surface area contributed by atoms with E-state index in [1.54, 1.807) is 18.2 Å². The number of hydrogen-bond donors (Lipinski definition) is 2. The van der Waals surface area contributed by atoms with Gasteiger partial charge in [0.15, 0.2) is 17.3 Å². The highest BCUT2D eigenvalue weighted by atomic mass is 127. The van der Waals surface area contributed by atoms with Crippen molar-refractivity contribution in [3.05, 3.63) is 36.2 Å². The highest BCUT2D eigenvalue weighted by molar-refractivity contribution is 14.1. The third kappa shape index (κ3) is 3.58. The first kappa shape index (κ1) is 18.3. The number of halogens is 1. The molecule has 2 N–H and O–H groups in total. The first-order chi connectivity index (χ1) is 11.9. The molecule has 1 aromatic carbocycles. The van der Waals surface area contributed by atoms with Gasteiger partial charge in [-0.25, -0.2) is 0 Å². The standard InChI is InChI=1S/C16H14IN3O3S2/c1-3-11-19-20-16(25-11)12-14(22)10(24-15(12)18)6-7-4-8(17)13(21)9(5-7)23-2/h4-6,12,18,21H,3H2,1-2H3/b10-6-,18-15?/t12-/m1/s1. The third-order valence-electron chi connectivity index (χ3n) is 3.59. The number of phenolic OH excluding ortho intramolecular Hbond substituents is 1. The number of nitrogens with zero attached hydrogens (tertiary/aromatic N) is 2. The normalized spacial score (nSPS) is 19.0. The number of carbonyl (C=O) groups is 1. The van der Waals surface area contributed by atoms with Gasteiger partial charge in [-0.05, 0) is 52.8 Å². The zero-order valence-electron chi connectivity index (χ0n) is 13.4. The molecule has 25 heavy (non-hydrogen) atoms. The first-order valence-corrected chi connectivity index (χ1v) is 10.1. The lowest BCUT2D eigenvalue weighted by Crippen LogP contribution is -2.11. The summed E-state index contributed by atoms with van der Waals surface area (Å²) in [7, 11) is 1.48. The maximum absolute atomic E-state index is 12.8. The van der Waals surface area contributed by atoms with E-state index in [2.05, 4.69) is 10.2 Å². The molecule has 0 unspecified atom stereocenters. The molecule has 2 aromatic rings. The SMILES string of the molecule is CCc1nnc([C@H]2C(=N)S/C(=C\c3cc(I)c(O)c(OC)c3)C2=O)s1. The molecule has 1 fully saturated rings. The van der Waals surface area contributed by atoms with E-state index in [9.17, 15) is 9.90 Å². The molecule has 0 spiro atoms. The van der Waals surface area contributed by atoms with Crippen molar-refractivity contribution in [3.8, 4) is 11.5 Å². The van der Waals surface area contributed by atoms with Crippen LogP contribution in [0.2, 0.25) is 0 Å². The molecule has 0 radical (unpaired) electrons. The van der Waals surface area contributed by atoms with E-state index in [1.807, 2.05) is 29.5 Å². The van der Waals surface area contributed by atoms with Crippen molar-refractivity contribution in [3.63, 3.8) is 0 Å². The molecule has 6 nitrogen and oxygen atoms in total. The Labute approximate surface area is 166 Å². The maximum atomic E-state index is 12.8. The van der Waals surface area contributed by atoms with Crippen LogP contribution in [0.4, 0.5) is 0 Å². The van der Waals surface area contributed by atoms with E-state index in [1.165, 1.54) is 18.4 Å². The number of benzene rings is 1. The molecule has 1 aromatic heterocycles. The Kier molecular flexibility index (Phi) is 5.44. The lowest BCUT2D eigenvalue weighted by Gasteiger charge is -2.07. The largest absolute Gasteiger partial charge is 0.504 e. The highest BCUT2D eigenvalue weighted by Crippen LogP contribution is 2.42. The number of phenols is 1. The minimum absolute atomic E-state index is 0.0715. The summed E-state index contributed by atoms with van der Waals surface area (Å²) in [5, 5.41) is 27.9. The minimum atomic E-state index is -0.660. The van der Waals surface area contributed by atoms with Gasteiger partial charge in [-0.1, -0.05) is 18.7 Å². The monoisotopic (exact) mass is 487 g/mol. The number of carbonyl (C=O) groups excluding carboxylic acids is 1. The molecule has 0 bridgehead atoms. The highest BCUT2D eigenvalue weighted by Gasteiger charge is 2.39. The van der Waals surface area contributed by atoms with Crippen LogP contribution in [-0.4, -0.2) is 33.2 Å². The van der Waals surface area contributed by atoms with Gasteiger partial charge in [-0.15, -0.1) is 21.5 Å². The molecule has 9 heteroatoms. The smallest absolute Gasteiger partial charge is 0.186 e. The second-order valence-electron chi connectivity index (χ2n) is 5.21. The van der Waals surface area contributed by atoms with E-state index in [-0.39, 0.29) is 16.6 Å². The van der Waals surface area contributed by atoms with Gasteiger partial charge in [0.2, 0.25) is 0 Å². The van der Waals surface area contributed by atoms with Crippen LogP contribution in [-0.2, 0) is 11.2 Å². The number of Topliss-reactive ketones (excluding diaryl/α,β-unsaturated/α-hetero) is 1. The summed E-state index contributed by atoms with van der Waals surface area (Å²) in [5.41, 5.74) is 0.731. The number of nitrogens with one attached hydrogen (secondary N) is 1. The lowest BCUT2D eigenvalue weighted by molar-refractivity contribution is -0.114. The molecule has 3 rings (SSSR count). The molecular weight excluding hydrogens is 473 g/mol. The fourth-order valence-corrected chi connectivity index (χ4v) is 4.90. The molecule has 1 atom stereocenters. The second kappa shape index (κ2) is 7.42. The van der Waals surface area contributed by atoms with Crippen molar-refractivity contribution in [2.45, 2.75) is 19.3 Å². The lowest BCUT2D eigenvalue weighted by atomic mass is 10.1. The topological polar surface area (TPSA) is 96.2 Å². The van der Waals surface area contributed by atoms with E-state index < -0.39 is 5.92 Å². The van der Waals surface area contributed by atoms with Crippen molar-refractivity contribution in [2.75, 3.05) is 7.11 Å². The molecule has 1 aliphatic heterocycles. The number of aryl methyl sites for hydroxylation is 1. The van der Waals surface area contributed by atoms with Crippen LogP contribution in [0, 0.1) is 8.98 Å². The number of ether oxygens (including phenoxy) is 1. The summed E-state index contributed by atoms with van der Waals surface area (Å²) in [5.74, 6) is -0.386. The van der Waals surface area contributed by atoms with E-state index in [0.717, 1.165) is 28.8 Å². The fourth-order valence-electron chi connectivity index (χ4n) is 2.32. The molecule has 0 saturated carbocycles. The van der Waals surface area contributed by atoms with Crippen molar-refractivity contribution >= 4 is 62.6 Å². The quantitative estimate of drug-likeness (QED) is 0.503. The summed E-state index contributed by atoms with van der Waals surface area (Å²) in [6.45, 7) is 1.98. The van der Waals surface area contributed by atoms with E-state index in [0.29, 0.717) is 19.2 Å². The average Bonchev–Trinajstić information content (AvgIpc) is 3.15. The van der Waals surface area contributed by atoms with Crippen molar-refractivity contribution in [1.29, 1.82) is 5.41 Å². The van der Waals surface area contributed by atoms with Gasteiger partial charge in [0.05, 0.1) is 20.6 Å². The number of ketones is 1. The van der Waals surface area contributed by atoms with Crippen LogP contribution < -0.4 is 4.74 Å². The molecule has 1 aliphatic rings. The molecule has 130 valence electrons. The average molecular weight is 487 g/mol. The summed E-state index contributed by atoms with van der Waals surface area (Å²) >= 11 is 4.52. The van der Waals surface area contributed by atoms with Crippen molar-refractivity contribution in [2.24, 2.45) is 0 Å². The van der Waals surface area contributed by atoms with Gasteiger partial charge in [-0.2, -0.15) is 0 Å². The number of hydrogen-bond acceptors (Lipinski definition) is 8. The van der Waals surface area contributed by atoms with Crippen LogP contribution in [0.25, 0.3) is 6.08 Å². The van der Waals surface area contributed by atoms with Crippen LogP contribution in [0.1, 0.15) is 28.4 Å². The number of aromatic hydroxyl groups is 1. The Balaban J connectivity index is 1.94. The van der Waals surface area contributed by atoms with E-state index >= 15 is 0 Å². The summed E-state index contributed by atoms with van der Waals surface area (Å²) < 4.78 is 5.78. The Morgan fingerprint density at radius 2 is 2.20 bits per heavy atom. The van der Waals surface area contributed by atoms with Gasteiger partial charge in [-0.3, -0.25) is 10.2 Å². The van der Waals surface area contributed by atoms with Gasteiger partial charge >= 0.3 is 0 Å². The van der Waals surface area contributed by atoms with Crippen LogP contribution in [0.3, 0.4) is 0 Å². The molecule has 1 saturated heterocycles. The fraction of sp³-hybridized carbons (Fsp3) is 0.250. The second-order valence-corrected chi connectivity index (χ2v) is 8.55. The van der Waals surface area contributed by atoms with Crippen LogP contribution in [0.5, 0.6) is 11.5 Å². The number of methoxy groups -OCH3 is 1. The number of rotatable bonds is 4. The Hall–Kier alpha value is -1.46. The third-order valence-corrected chi connectivity index (χ3v) is 6.54. The summed E-state index contributed by atoms with van der Waals surface area (Å²) in [6, 6.07) is 3.42. The van der Waals surface area contributed by atoms with Gasteiger partial charge in [0.1, 0.15) is 15.9 Å². The predicted octanol–water partition coefficient (Wildman–Crippen LogP) is 3.84. The van der Waals surface area contributed by atoms with Crippen LogP contribution >= 0.6 is 45.7 Å². The Morgan fingerprint density at radius 1 is 1.44 bits per heavy atom. The predicted molar refractivity (Wildman–Crippen MR) is 108 cm³/mol. The molecular formula is C16H14IN3O3S2. The van der Waals surface area contributed by atoms with Crippen LogP contribution in [0.15, 0.2) is 17.0 Å². The number of thioether (sulfide) groups is 1. The van der Waals surface area contributed by atoms with Gasteiger partial charge in [0.25, 0.3) is 0 Å². The van der Waals surface area contributed by atoms with Crippen molar-refractivity contribution < 1.29 is 14.6 Å². The van der Waals surface area contributed by atoms with E-state index in [4.69, 9.17) is 10.1 Å². The zero-order chi connectivity index (χ0) is 18.1. The zero-order valence-corrected chi connectivity index (χ0v) is 17.2.